The van der Waals surface area contributed by atoms with Gasteiger partial charge in [-0.2, -0.15) is 0 Å². The fourth-order valence-corrected chi connectivity index (χ4v) is 5.80. The van der Waals surface area contributed by atoms with Crippen molar-refractivity contribution in [2.24, 2.45) is 5.92 Å². The molecule has 7 rings (SSSR count). The molecule has 6 nitrogen and oxygen atoms in total. The summed E-state index contributed by atoms with van der Waals surface area (Å²) in [6.07, 6.45) is 6.92. The van der Waals surface area contributed by atoms with E-state index in [0.717, 1.165) is 43.3 Å². The number of fused-ring (bicyclic) bond motifs is 1. The monoisotopic (exact) mass is 692 g/mol. The van der Waals surface area contributed by atoms with Gasteiger partial charge in [0.2, 0.25) is 5.95 Å². The van der Waals surface area contributed by atoms with E-state index in [1.807, 2.05) is 19.9 Å². The van der Waals surface area contributed by atoms with Crippen LogP contribution in [-0.2, 0) is 29.9 Å². The van der Waals surface area contributed by atoms with E-state index in [2.05, 4.69) is 33.7 Å². The van der Waals surface area contributed by atoms with Gasteiger partial charge in [0.05, 0.1) is 22.4 Å². The molecule has 197 valence electrons. The molecular weight excluding hydrogens is 655 g/mol. The van der Waals surface area contributed by atoms with Crippen LogP contribution in [0.2, 0.25) is 5.02 Å². The average Bonchev–Trinajstić information content (AvgIpc) is 3.15. The Morgan fingerprint density at radius 2 is 1.81 bits per heavy atom. The number of nitrogens with one attached hydrogen (secondary N) is 1. The van der Waals surface area contributed by atoms with E-state index in [4.69, 9.17) is 21.3 Å². The van der Waals surface area contributed by atoms with Gasteiger partial charge in [-0.1, -0.05) is 25.4 Å². The number of aromatic nitrogens is 4. The second-order valence-corrected chi connectivity index (χ2v) is 10.3. The van der Waals surface area contributed by atoms with Crippen molar-refractivity contribution >= 4 is 28.6 Å². The predicted octanol–water partition coefficient (Wildman–Crippen LogP) is 6.98. The second kappa shape index (κ2) is 11.4. The van der Waals surface area contributed by atoms with Crippen LogP contribution < -0.4 is 5.32 Å². The Kier molecular flexibility index (Phi) is 9.18. The third-order valence-corrected chi connectivity index (χ3v) is 7.63. The largest absolute Gasteiger partial charge is 1.00 e. The van der Waals surface area contributed by atoms with Crippen LogP contribution in [0.5, 0.6) is 0 Å². The van der Waals surface area contributed by atoms with E-state index in [0.29, 0.717) is 27.7 Å². The first-order chi connectivity index (χ1) is 16.4. The minimum Gasteiger partial charge on any atom is -0.381 e. The van der Waals surface area contributed by atoms with Gasteiger partial charge in [-0.15, -0.1) is 0 Å². The molecule has 1 aromatic carbocycles. The van der Waals surface area contributed by atoms with Crippen LogP contribution in [0.4, 0.5) is 10.3 Å². The Morgan fingerprint density at radius 3 is 2.39 bits per heavy atom. The number of nitrogens with zero attached hydrogens (tertiary/aromatic N) is 4. The van der Waals surface area contributed by atoms with Gasteiger partial charge in [0.25, 0.3) is 0 Å². The fraction of sp³-hybridized carbons (Fsp3) is 0.556. The number of hydrogen-bond donors (Lipinski definition) is 1. The molecule has 3 heterocycles. The maximum atomic E-state index is 15.3. The van der Waals surface area contributed by atoms with Crippen LogP contribution in [0, 0.1) is 19.2 Å². The smallest absolute Gasteiger partial charge is 0.381 e. The first-order valence-electron chi connectivity index (χ1n) is 12.5. The first kappa shape index (κ1) is 28.9. The summed E-state index contributed by atoms with van der Waals surface area (Å²) in [5, 5.41) is 3.77. The summed E-state index contributed by atoms with van der Waals surface area (Å²) < 4.78 is 23.0. The normalized spacial score (nSPS) is 22.5. The molecule has 2 bridgehead atoms. The third kappa shape index (κ3) is 4.94. The van der Waals surface area contributed by atoms with Crippen molar-refractivity contribution in [3.8, 4) is 11.3 Å². The molecule has 1 aliphatic heterocycles. The maximum Gasteiger partial charge on any atom is 1.00 e. The summed E-state index contributed by atoms with van der Waals surface area (Å²) in [6.45, 7) is 9.72. The molecule has 4 fully saturated rings. The Hall–Kier alpha value is -1.61. The topological polar surface area (TPSA) is 64.9 Å². The van der Waals surface area contributed by atoms with E-state index >= 15 is 4.39 Å². The Morgan fingerprint density at radius 1 is 1.14 bits per heavy atom. The number of imidazole rings is 1. The summed E-state index contributed by atoms with van der Waals surface area (Å²) in [5.74, 6) is 2.04. The molecule has 1 N–H and O–H groups in total. The van der Waals surface area contributed by atoms with Gasteiger partial charge >= 0.3 is 19.8 Å². The number of benzene rings is 1. The van der Waals surface area contributed by atoms with E-state index in [1.54, 1.807) is 6.20 Å². The van der Waals surface area contributed by atoms with E-state index in [9.17, 15) is 0 Å². The van der Waals surface area contributed by atoms with Gasteiger partial charge in [0.15, 0.2) is 5.82 Å². The second-order valence-electron chi connectivity index (χ2n) is 9.90. The van der Waals surface area contributed by atoms with Crippen molar-refractivity contribution in [1.29, 1.82) is 0 Å². The van der Waals surface area contributed by atoms with Gasteiger partial charge in [-0.05, 0) is 64.0 Å². The van der Waals surface area contributed by atoms with Gasteiger partial charge < -0.3 is 22.0 Å². The average molecular weight is 691 g/mol. The van der Waals surface area contributed by atoms with E-state index < -0.39 is 0 Å². The molecule has 4 aliphatic rings. The molecule has 3 saturated carbocycles. The van der Waals surface area contributed by atoms with Crippen molar-refractivity contribution in [2.45, 2.75) is 77.3 Å². The summed E-state index contributed by atoms with van der Waals surface area (Å²) in [6, 6.07) is 3.92. The number of rotatable bonds is 5. The Labute approximate surface area is 231 Å². The molecule has 0 amide bonds. The first-order valence-corrected chi connectivity index (χ1v) is 12.9. The van der Waals surface area contributed by atoms with E-state index in [-0.39, 0.29) is 50.5 Å². The predicted molar refractivity (Wildman–Crippen MR) is 140 cm³/mol. The number of hydrogen-bond acceptors (Lipinski definition) is 5. The summed E-state index contributed by atoms with van der Waals surface area (Å²) in [7, 11) is 0. The van der Waals surface area contributed by atoms with E-state index in [1.165, 1.54) is 25.3 Å². The summed E-state index contributed by atoms with van der Waals surface area (Å²) >= 11 is 6.48. The fourth-order valence-electron chi connectivity index (χ4n) is 5.60. The van der Waals surface area contributed by atoms with Crippen LogP contribution >= 0.6 is 11.6 Å². The molecule has 0 atom stereocenters. The van der Waals surface area contributed by atoms with Crippen LogP contribution in [0.3, 0.4) is 0 Å². The molecule has 0 spiro atoms. The zero-order valence-corrected chi connectivity index (χ0v) is 25.0. The van der Waals surface area contributed by atoms with Crippen molar-refractivity contribution in [1.82, 2.24) is 19.5 Å². The maximum absolute atomic E-state index is 15.3. The van der Waals surface area contributed by atoms with Crippen LogP contribution in [0.1, 0.15) is 71.7 Å². The van der Waals surface area contributed by atoms with Crippen molar-refractivity contribution in [2.75, 3.05) is 18.5 Å². The minimum absolute atomic E-state index is 0. The summed E-state index contributed by atoms with van der Waals surface area (Å²) in [4.78, 5) is 13.8. The Bertz CT molecular complexity index is 1190. The standard InChI is InChI=1S/C24H27ClFN5O.C2H6.CH3.Os/c1-13(2)31-19-8-15(7-18(26)21(19)29-22(31)24-9-14(10-24)11-24)20-17(25)12-27-23(30-20)28-16-3-5-32-6-4-16;1-2;;/h7-8,12-14,16H,3-6,9-11H2,1-2H3,(H,27,28,30);1-2H3;1H3;/q;;-1;+1. The molecule has 1 saturated heterocycles. The molecule has 2 aromatic heterocycles. The third-order valence-electron chi connectivity index (χ3n) is 7.35. The minimum atomic E-state index is -0.335. The number of halogens is 2. The molecule has 0 unspecified atom stereocenters. The molecule has 36 heavy (non-hydrogen) atoms. The molecule has 3 aliphatic carbocycles. The number of anilines is 1. The SMILES string of the molecule is CC.CC(C)n1c(C23CC(C2)C3)nc2c(F)cc(-c3nc(NC4CCOCC4)ncc3Cl)cc21.[CH3-].[Os+]. The van der Waals surface area contributed by atoms with Gasteiger partial charge in [-0.25, -0.2) is 19.3 Å². The Balaban J connectivity index is 0.000000882. The van der Waals surface area contributed by atoms with Gasteiger partial charge in [-0.3, -0.25) is 0 Å². The van der Waals surface area contributed by atoms with Crippen molar-refractivity contribution in [3.63, 3.8) is 0 Å². The molecule has 9 heteroatoms. The van der Waals surface area contributed by atoms with Crippen LogP contribution in [-0.4, -0.2) is 38.8 Å². The van der Waals surface area contributed by atoms with Crippen molar-refractivity contribution < 1.29 is 28.9 Å². The summed E-state index contributed by atoms with van der Waals surface area (Å²) in [5.41, 5.74) is 2.56. The molecule has 3 aromatic rings. The molecular formula is C27H36ClFN5OOs. The van der Waals surface area contributed by atoms with Crippen molar-refractivity contribution in [3.05, 3.63) is 42.4 Å². The molecule has 1 radical (unpaired) electrons. The van der Waals surface area contributed by atoms with Crippen LogP contribution in [0.25, 0.3) is 22.3 Å². The number of ether oxygens (including phenoxy) is 1. The zero-order chi connectivity index (χ0) is 24.0. The van der Waals surface area contributed by atoms with Gasteiger partial charge in [0.1, 0.15) is 11.3 Å². The quantitative estimate of drug-likeness (QED) is 0.293. The zero-order valence-electron chi connectivity index (χ0n) is 21.7. The van der Waals surface area contributed by atoms with Gasteiger partial charge in [0, 0.05) is 36.3 Å². The van der Waals surface area contributed by atoms with Crippen LogP contribution in [0.15, 0.2) is 18.3 Å².